The Hall–Kier alpha value is -4.28. The van der Waals surface area contributed by atoms with Gasteiger partial charge in [-0.05, 0) is 116 Å². The molecule has 0 amide bonds. The van der Waals surface area contributed by atoms with Crippen LogP contribution in [0.5, 0.6) is 0 Å². The third-order valence-electron chi connectivity index (χ3n) is 15.2. The SMILES string of the molecule is CC/C=C\C/C=C\C/C=C\C/C=C\C/C=C\C/C=C\CCC(=O)OCC(COP(=O)(O)OCC(O)COP(=O)(O)OCC(COC(=O)CCCCCCC/C=C\C/C=C\CCCCC)OC(=O)CCCCCCC/C=C\CCCC)OC(=O)CCCCCCCCCCCCC. The molecule has 0 rings (SSSR count). The molecule has 0 bridgehead atoms. The second kappa shape index (κ2) is 69.2. The molecule has 5 atom stereocenters. The van der Waals surface area contributed by atoms with E-state index in [2.05, 4.69) is 119 Å². The fourth-order valence-corrected chi connectivity index (χ4v) is 11.1. The highest BCUT2D eigenvalue weighted by Gasteiger charge is 2.30. The zero-order chi connectivity index (χ0) is 70.4. The molecule has 96 heavy (non-hydrogen) atoms. The molecule has 0 aliphatic rings. The van der Waals surface area contributed by atoms with Crippen molar-refractivity contribution in [3.63, 3.8) is 0 Å². The Morgan fingerprint density at radius 1 is 0.302 bits per heavy atom. The Bertz CT molecular complexity index is 2250. The monoisotopic (exact) mass is 1390 g/mol. The van der Waals surface area contributed by atoms with E-state index in [1.54, 1.807) is 0 Å². The number of carbonyl (C=O) groups excluding carboxylic acids is 4. The van der Waals surface area contributed by atoms with E-state index in [1.165, 1.54) is 70.6 Å². The Kier molecular flexibility index (Phi) is 66.1. The van der Waals surface area contributed by atoms with Crippen LogP contribution < -0.4 is 0 Å². The quantitative estimate of drug-likeness (QED) is 0.0169. The van der Waals surface area contributed by atoms with Crippen molar-refractivity contribution in [2.75, 3.05) is 39.6 Å². The number of aliphatic hydroxyl groups is 1. The number of hydrogen-bond donors (Lipinski definition) is 3. The van der Waals surface area contributed by atoms with Crippen LogP contribution in [0.3, 0.4) is 0 Å². The van der Waals surface area contributed by atoms with Crippen molar-refractivity contribution in [2.45, 2.75) is 316 Å². The Balaban J connectivity index is 5.36. The van der Waals surface area contributed by atoms with Gasteiger partial charge in [-0.1, -0.05) is 265 Å². The van der Waals surface area contributed by atoms with Gasteiger partial charge in [0.05, 0.1) is 26.4 Å². The first kappa shape index (κ1) is 91.7. The molecule has 0 heterocycles. The fraction of sp³-hybridized carbons (Fsp3) is 0.714. The van der Waals surface area contributed by atoms with Crippen molar-refractivity contribution in [1.29, 1.82) is 0 Å². The Labute approximate surface area is 581 Å². The number of unbranched alkanes of at least 4 members (excludes halogenated alkanes) is 25. The minimum absolute atomic E-state index is 0.0365. The molecular weight excluding hydrogens is 1260 g/mol. The summed E-state index contributed by atoms with van der Waals surface area (Å²) < 4.78 is 68.2. The summed E-state index contributed by atoms with van der Waals surface area (Å²) in [5, 5.41) is 10.6. The first-order valence-electron chi connectivity index (χ1n) is 37.1. The van der Waals surface area contributed by atoms with Crippen LogP contribution in [0.1, 0.15) is 297 Å². The Morgan fingerprint density at radius 3 is 0.958 bits per heavy atom. The molecule has 552 valence electrons. The molecule has 0 saturated carbocycles. The summed E-state index contributed by atoms with van der Waals surface area (Å²) in [5.74, 6) is -2.29. The predicted molar refractivity (Wildman–Crippen MR) is 390 cm³/mol. The van der Waals surface area contributed by atoms with Crippen LogP contribution in [0.15, 0.2) is 109 Å². The van der Waals surface area contributed by atoms with Crippen molar-refractivity contribution in [3.05, 3.63) is 109 Å². The summed E-state index contributed by atoms with van der Waals surface area (Å²) >= 11 is 0. The lowest BCUT2D eigenvalue weighted by Gasteiger charge is -2.21. The summed E-state index contributed by atoms with van der Waals surface area (Å²) in [6.07, 6.45) is 72.5. The van der Waals surface area contributed by atoms with Crippen LogP contribution in [-0.4, -0.2) is 96.7 Å². The van der Waals surface area contributed by atoms with E-state index in [4.69, 9.17) is 37.0 Å². The lowest BCUT2D eigenvalue weighted by molar-refractivity contribution is -0.161. The average Bonchev–Trinajstić information content (AvgIpc) is 1.15. The highest BCUT2D eigenvalue weighted by Crippen LogP contribution is 2.45. The number of aliphatic hydroxyl groups excluding tert-OH is 1. The normalized spacial score (nSPS) is 14.6. The van der Waals surface area contributed by atoms with E-state index in [0.717, 1.165) is 141 Å². The number of phosphoric ester groups is 2. The first-order chi connectivity index (χ1) is 46.7. The summed E-state index contributed by atoms with van der Waals surface area (Å²) in [7, 11) is -9.96. The van der Waals surface area contributed by atoms with Crippen molar-refractivity contribution in [2.24, 2.45) is 0 Å². The molecule has 0 aromatic rings. The van der Waals surface area contributed by atoms with Crippen LogP contribution in [0.4, 0.5) is 0 Å². The third kappa shape index (κ3) is 68.3. The summed E-state index contributed by atoms with van der Waals surface area (Å²) in [6.45, 7) is 4.57. The standard InChI is InChI=1S/C77H132O17P2/c1-5-9-13-17-21-25-29-31-33-34-35-36-38-40-44-46-50-54-58-62-75(80)88-68-73(94-77(82)64-60-56-52-48-42-28-24-20-16-12-8-4)70-92-96(85,86)90-66-71(78)65-89-95(83,84)91-69-72(93-76(81)63-59-55-51-47-41-27-23-19-15-11-7-3)67-87-74(79)61-57-53-49-45-43-39-37-32-30-26-22-18-14-10-6-2/h9,13,19,21-23,25-26,31-33,35-37,40,44,50,54,71-73,78H,5-8,10-12,14-18,20,24,27-30,34,38-39,41-43,45-49,51-53,55-70H2,1-4H3,(H,83,84)(H,85,86)/b13-9-,23-19-,25-21-,26-22-,33-31-,36-35-,37-32-,44-40-,54-50-. The molecule has 0 aliphatic carbocycles. The molecular formula is C77H132O17P2. The second-order valence-electron chi connectivity index (χ2n) is 24.5. The number of hydrogen-bond acceptors (Lipinski definition) is 15. The maximum absolute atomic E-state index is 13.0. The number of esters is 4. The predicted octanol–water partition coefficient (Wildman–Crippen LogP) is 21.0. The second-order valence-corrected chi connectivity index (χ2v) is 27.4. The summed E-state index contributed by atoms with van der Waals surface area (Å²) in [5.41, 5.74) is 0. The van der Waals surface area contributed by atoms with E-state index < -0.39 is 97.5 Å². The van der Waals surface area contributed by atoms with Crippen LogP contribution >= 0.6 is 15.6 Å². The summed E-state index contributed by atoms with van der Waals surface area (Å²) in [6, 6.07) is 0. The molecule has 19 heteroatoms. The van der Waals surface area contributed by atoms with Gasteiger partial charge in [0.1, 0.15) is 19.3 Å². The molecule has 0 aromatic heterocycles. The van der Waals surface area contributed by atoms with E-state index in [9.17, 15) is 43.2 Å². The van der Waals surface area contributed by atoms with Crippen LogP contribution in [0, 0.1) is 0 Å². The van der Waals surface area contributed by atoms with Crippen LogP contribution in [0.2, 0.25) is 0 Å². The number of rotatable bonds is 69. The number of ether oxygens (including phenoxy) is 4. The van der Waals surface area contributed by atoms with Crippen molar-refractivity contribution in [3.8, 4) is 0 Å². The first-order valence-corrected chi connectivity index (χ1v) is 40.1. The van der Waals surface area contributed by atoms with Gasteiger partial charge < -0.3 is 33.8 Å². The number of carbonyl (C=O) groups is 4. The van der Waals surface area contributed by atoms with Crippen molar-refractivity contribution >= 4 is 39.5 Å². The lowest BCUT2D eigenvalue weighted by atomic mass is 10.1. The topological polar surface area (TPSA) is 237 Å². The van der Waals surface area contributed by atoms with Gasteiger partial charge in [0.15, 0.2) is 12.2 Å². The van der Waals surface area contributed by atoms with Gasteiger partial charge in [-0.2, -0.15) is 0 Å². The van der Waals surface area contributed by atoms with E-state index in [0.29, 0.717) is 32.1 Å². The molecule has 0 saturated heterocycles. The highest BCUT2D eigenvalue weighted by atomic mass is 31.2. The minimum Gasteiger partial charge on any atom is -0.462 e. The van der Waals surface area contributed by atoms with Gasteiger partial charge in [0.2, 0.25) is 0 Å². The number of phosphoric acid groups is 2. The molecule has 0 spiro atoms. The summed E-state index contributed by atoms with van der Waals surface area (Å²) in [4.78, 5) is 72.6. The molecule has 3 N–H and O–H groups in total. The van der Waals surface area contributed by atoms with Crippen molar-refractivity contribution in [1.82, 2.24) is 0 Å². The molecule has 5 unspecified atom stereocenters. The van der Waals surface area contributed by atoms with Gasteiger partial charge in [-0.3, -0.25) is 37.3 Å². The smallest absolute Gasteiger partial charge is 0.462 e. The molecule has 17 nitrogen and oxygen atoms in total. The zero-order valence-electron chi connectivity index (χ0n) is 60.0. The van der Waals surface area contributed by atoms with E-state index >= 15 is 0 Å². The fourth-order valence-electron chi connectivity index (χ4n) is 9.55. The van der Waals surface area contributed by atoms with E-state index in [1.807, 2.05) is 18.2 Å². The van der Waals surface area contributed by atoms with Crippen LogP contribution in [0.25, 0.3) is 0 Å². The molecule has 0 aliphatic heterocycles. The third-order valence-corrected chi connectivity index (χ3v) is 17.1. The molecule has 0 aromatic carbocycles. The highest BCUT2D eigenvalue weighted by molar-refractivity contribution is 7.47. The maximum atomic E-state index is 13.0. The average molecular weight is 1390 g/mol. The zero-order valence-corrected chi connectivity index (χ0v) is 61.8. The van der Waals surface area contributed by atoms with Crippen molar-refractivity contribution < 1.29 is 80.2 Å². The van der Waals surface area contributed by atoms with Gasteiger partial charge in [0, 0.05) is 25.7 Å². The lowest BCUT2D eigenvalue weighted by Crippen LogP contribution is -2.30. The van der Waals surface area contributed by atoms with Crippen LogP contribution in [-0.2, 0) is 65.4 Å². The largest absolute Gasteiger partial charge is 0.472 e. The van der Waals surface area contributed by atoms with Gasteiger partial charge >= 0.3 is 39.5 Å². The molecule has 0 fully saturated rings. The minimum atomic E-state index is -4.98. The van der Waals surface area contributed by atoms with Gasteiger partial charge in [-0.15, -0.1) is 0 Å². The molecule has 0 radical (unpaired) electrons. The van der Waals surface area contributed by atoms with Gasteiger partial charge in [-0.25, -0.2) is 9.13 Å². The van der Waals surface area contributed by atoms with Gasteiger partial charge in [0.25, 0.3) is 0 Å². The number of allylic oxidation sites excluding steroid dienone is 18. The Morgan fingerprint density at radius 2 is 0.573 bits per heavy atom. The van der Waals surface area contributed by atoms with E-state index in [-0.39, 0.29) is 25.7 Å². The maximum Gasteiger partial charge on any atom is 0.472 e.